The van der Waals surface area contributed by atoms with E-state index in [0.29, 0.717) is 16.7 Å². The number of morpholine rings is 1. The lowest BCUT2D eigenvalue weighted by molar-refractivity contribution is 0.0384. The van der Waals surface area contributed by atoms with Crippen LogP contribution in [0.4, 0.5) is 0 Å². The van der Waals surface area contributed by atoms with Crippen LogP contribution in [0.25, 0.3) is 0 Å². The first kappa shape index (κ1) is 19.5. The molecule has 6 heteroatoms. The number of nitrogens with zero attached hydrogens (tertiary/aromatic N) is 1. The van der Waals surface area contributed by atoms with E-state index < -0.39 is 0 Å². The zero-order chi connectivity index (χ0) is 18.2. The first-order chi connectivity index (χ1) is 12.7. The zero-order valence-corrected chi connectivity index (χ0v) is 16.2. The van der Waals surface area contributed by atoms with Crippen LogP contribution in [0.15, 0.2) is 42.5 Å². The van der Waals surface area contributed by atoms with Crippen LogP contribution < -0.4 is 10.1 Å². The van der Waals surface area contributed by atoms with Crippen molar-refractivity contribution in [2.24, 2.45) is 0 Å². The van der Waals surface area contributed by atoms with Gasteiger partial charge in [-0.3, -0.25) is 4.90 Å². The van der Waals surface area contributed by atoms with E-state index >= 15 is 0 Å². The molecule has 0 amide bonds. The van der Waals surface area contributed by atoms with Crippen LogP contribution in [-0.4, -0.2) is 44.3 Å². The molecular formula is C20H24Cl2N2O2. The van der Waals surface area contributed by atoms with Crippen molar-refractivity contribution in [3.63, 3.8) is 0 Å². The van der Waals surface area contributed by atoms with Gasteiger partial charge in [0.1, 0.15) is 12.4 Å². The minimum atomic E-state index is 0.354. The summed E-state index contributed by atoms with van der Waals surface area (Å²) in [7, 11) is 0. The minimum absolute atomic E-state index is 0.354. The normalized spacial score (nSPS) is 15.2. The first-order valence-corrected chi connectivity index (χ1v) is 9.63. The maximum atomic E-state index is 6.19. The Balaban J connectivity index is 1.45. The highest BCUT2D eigenvalue weighted by Crippen LogP contribution is 2.26. The molecule has 0 aliphatic carbocycles. The van der Waals surface area contributed by atoms with E-state index in [2.05, 4.69) is 16.3 Å². The van der Waals surface area contributed by atoms with Gasteiger partial charge in [0, 0.05) is 48.3 Å². The predicted molar refractivity (Wildman–Crippen MR) is 106 cm³/mol. The summed E-state index contributed by atoms with van der Waals surface area (Å²) in [5.74, 6) is 0.813. The van der Waals surface area contributed by atoms with E-state index in [1.807, 2.05) is 36.4 Å². The Morgan fingerprint density at radius 2 is 1.77 bits per heavy atom. The molecule has 1 N–H and O–H groups in total. The highest BCUT2D eigenvalue weighted by Gasteiger charge is 2.09. The Kier molecular flexibility index (Phi) is 7.59. The quantitative estimate of drug-likeness (QED) is 0.686. The molecule has 2 aromatic carbocycles. The van der Waals surface area contributed by atoms with Gasteiger partial charge >= 0.3 is 0 Å². The lowest BCUT2D eigenvalue weighted by Crippen LogP contribution is -2.40. The highest BCUT2D eigenvalue weighted by atomic mass is 35.5. The molecule has 1 saturated heterocycles. The fourth-order valence-corrected chi connectivity index (χ4v) is 3.37. The second-order valence-electron chi connectivity index (χ2n) is 6.27. The largest absolute Gasteiger partial charge is 0.489 e. The molecule has 0 spiro atoms. The highest BCUT2D eigenvalue weighted by molar-refractivity contribution is 6.35. The van der Waals surface area contributed by atoms with Crippen molar-refractivity contribution >= 4 is 23.2 Å². The third-order valence-electron chi connectivity index (χ3n) is 4.38. The Hall–Kier alpha value is -1.30. The monoisotopic (exact) mass is 394 g/mol. The van der Waals surface area contributed by atoms with Gasteiger partial charge in [-0.2, -0.15) is 0 Å². The van der Waals surface area contributed by atoms with Crippen molar-refractivity contribution < 1.29 is 9.47 Å². The van der Waals surface area contributed by atoms with Crippen LogP contribution in [0, 0.1) is 0 Å². The van der Waals surface area contributed by atoms with Gasteiger partial charge in [0.2, 0.25) is 0 Å². The molecule has 26 heavy (non-hydrogen) atoms. The number of halogens is 2. The fraction of sp³-hybridized carbons (Fsp3) is 0.400. The molecule has 1 heterocycles. The number of hydrogen-bond acceptors (Lipinski definition) is 4. The second-order valence-corrected chi connectivity index (χ2v) is 7.08. The van der Waals surface area contributed by atoms with Crippen LogP contribution in [0.2, 0.25) is 10.0 Å². The summed E-state index contributed by atoms with van der Waals surface area (Å²) in [4.78, 5) is 2.42. The topological polar surface area (TPSA) is 33.7 Å². The van der Waals surface area contributed by atoms with Gasteiger partial charge in [-0.1, -0.05) is 41.4 Å². The van der Waals surface area contributed by atoms with Crippen molar-refractivity contribution in [2.75, 3.05) is 39.4 Å². The maximum absolute atomic E-state index is 6.19. The van der Waals surface area contributed by atoms with E-state index in [-0.39, 0.29) is 0 Å². The second kappa shape index (κ2) is 10.1. The van der Waals surface area contributed by atoms with Crippen LogP contribution in [0.3, 0.4) is 0 Å². The molecule has 140 valence electrons. The van der Waals surface area contributed by atoms with Crippen molar-refractivity contribution in [2.45, 2.75) is 13.2 Å². The smallest absolute Gasteiger partial charge is 0.120 e. The van der Waals surface area contributed by atoms with E-state index in [0.717, 1.165) is 57.3 Å². The molecule has 1 aliphatic rings. The summed E-state index contributed by atoms with van der Waals surface area (Å²) in [5, 5.41) is 4.74. The van der Waals surface area contributed by atoms with Gasteiger partial charge in [-0.05, 0) is 29.8 Å². The average Bonchev–Trinajstić information content (AvgIpc) is 2.66. The molecule has 3 rings (SSSR count). The molecule has 0 radical (unpaired) electrons. The third-order valence-corrected chi connectivity index (χ3v) is 5.09. The lowest BCUT2D eigenvalue weighted by atomic mass is 10.2. The molecule has 4 nitrogen and oxygen atoms in total. The number of benzene rings is 2. The standard InChI is InChI=1S/C20H24Cl2N2O2/c21-19-5-2-6-20(22)18(19)15-26-17-4-1-3-16(13-17)14-23-7-8-24-9-11-25-12-10-24/h1-6,13,23H,7-12,14-15H2. The maximum Gasteiger partial charge on any atom is 0.120 e. The summed E-state index contributed by atoms with van der Waals surface area (Å²) in [6, 6.07) is 13.6. The Morgan fingerprint density at radius 3 is 2.54 bits per heavy atom. The van der Waals surface area contributed by atoms with Crippen LogP contribution in [0.1, 0.15) is 11.1 Å². The minimum Gasteiger partial charge on any atom is -0.489 e. The number of rotatable bonds is 8. The van der Waals surface area contributed by atoms with Crippen molar-refractivity contribution in [3.8, 4) is 5.75 Å². The first-order valence-electron chi connectivity index (χ1n) is 8.88. The molecule has 0 saturated carbocycles. The van der Waals surface area contributed by atoms with Crippen molar-refractivity contribution in [3.05, 3.63) is 63.6 Å². The summed E-state index contributed by atoms with van der Waals surface area (Å²) < 4.78 is 11.2. The van der Waals surface area contributed by atoms with Gasteiger partial charge in [0.25, 0.3) is 0 Å². The number of ether oxygens (including phenoxy) is 2. The van der Waals surface area contributed by atoms with Gasteiger partial charge in [-0.25, -0.2) is 0 Å². The molecule has 2 aromatic rings. The molecule has 0 atom stereocenters. The fourth-order valence-electron chi connectivity index (χ4n) is 2.87. The van der Waals surface area contributed by atoms with Gasteiger partial charge < -0.3 is 14.8 Å². The average molecular weight is 395 g/mol. The Bertz CT molecular complexity index is 686. The van der Waals surface area contributed by atoms with Gasteiger partial charge in [0.15, 0.2) is 0 Å². The lowest BCUT2D eigenvalue weighted by Gasteiger charge is -2.26. The molecule has 0 aromatic heterocycles. The van der Waals surface area contributed by atoms with E-state index in [1.54, 1.807) is 0 Å². The number of nitrogens with one attached hydrogen (secondary N) is 1. The SMILES string of the molecule is Clc1cccc(Cl)c1COc1cccc(CNCCN2CCOCC2)c1. The van der Waals surface area contributed by atoms with Crippen molar-refractivity contribution in [1.29, 1.82) is 0 Å². The van der Waals surface area contributed by atoms with E-state index in [9.17, 15) is 0 Å². The number of hydrogen-bond donors (Lipinski definition) is 1. The summed E-state index contributed by atoms with van der Waals surface area (Å²) in [6.07, 6.45) is 0. The van der Waals surface area contributed by atoms with E-state index in [4.69, 9.17) is 32.7 Å². The Morgan fingerprint density at radius 1 is 1.04 bits per heavy atom. The molecule has 0 bridgehead atoms. The summed E-state index contributed by atoms with van der Waals surface area (Å²) in [5.41, 5.74) is 2.00. The van der Waals surface area contributed by atoms with Crippen LogP contribution in [-0.2, 0) is 17.9 Å². The van der Waals surface area contributed by atoms with Crippen LogP contribution in [0.5, 0.6) is 5.75 Å². The molecular weight excluding hydrogens is 371 g/mol. The molecule has 1 fully saturated rings. The van der Waals surface area contributed by atoms with Crippen molar-refractivity contribution in [1.82, 2.24) is 10.2 Å². The zero-order valence-electron chi connectivity index (χ0n) is 14.7. The summed E-state index contributed by atoms with van der Waals surface area (Å²) >= 11 is 12.4. The van der Waals surface area contributed by atoms with E-state index in [1.165, 1.54) is 5.56 Å². The third kappa shape index (κ3) is 5.86. The molecule has 1 aliphatic heterocycles. The van der Waals surface area contributed by atoms with Crippen LogP contribution >= 0.6 is 23.2 Å². The van der Waals surface area contributed by atoms with Gasteiger partial charge in [-0.15, -0.1) is 0 Å². The predicted octanol–water partition coefficient (Wildman–Crippen LogP) is 3.99. The summed E-state index contributed by atoms with van der Waals surface area (Å²) in [6.45, 7) is 6.90. The van der Waals surface area contributed by atoms with Gasteiger partial charge in [0.05, 0.1) is 13.2 Å². The Labute approximate surface area is 165 Å². The molecule has 0 unspecified atom stereocenters.